The number of thiocarbonyl (C=S) groups is 1. The number of carbonyl (C=O) groups excluding carboxylic acids is 1. The van der Waals surface area contributed by atoms with E-state index in [2.05, 4.69) is 28.8 Å². The molecule has 1 heterocycles. The van der Waals surface area contributed by atoms with E-state index in [1.807, 2.05) is 51.1 Å². The van der Waals surface area contributed by atoms with Crippen molar-refractivity contribution >= 4 is 29.0 Å². The Morgan fingerprint density at radius 1 is 1.15 bits per heavy atom. The number of hydrogen-bond acceptors (Lipinski definition) is 3. The lowest BCUT2D eigenvalue weighted by Gasteiger charge is -2.32. The first-order chi connectivity index (χ1) is 12.5. The molecule has 1 aliphatic heterocycles. The highest BCUT2D eigenvalue weighted by Gasteiger charge is 2.33. The molecule has 3 rings (SSSR count). The Morgan fingerprint density at radius 2 is 1.88 bits per heavy atom. The lowest BCUT2D eigenvalue weighted by molar-refractivity contribution is -0.138. The first kappa shape index (κ1) is 18.1. The van der Waals surface area contributed by atoms with Gasteiger partial charge in [0, 0.05) is 0 Å². The number of hydrogen-bond donors (Lipinski definition) is 2. The van der Waals surface area contributed by atoms with Gasteiger partial charge in [-0.05, 0) is 49.7 Å². The Hall–Kier alpha value is -2.66. The number of rotatable bonds is 4. The quantitative estimate of drug-likeness (QED) is 0.637. The minimum Gasteiger partial charge on any atom is -0.463 e. The average molecular weight is 366 g/mol. The van der Waals surface area contributed by atoms with Crippen LogP contribution in [0.25, 0.3) is 5.70 Å². The predicted octanol–water partition coefficient (Wildman–Crippen LogP) is 3.80. The summed E-state index contributed by atoms with van der Waals surface area (Å²) in [5.41, 5.74) is 5.37. The van der Waals surface area contributed by atoms with E-state index in [1.165, 1.54) is 0 Å². The smallest absolute Gasteiger partial charge is 0.338 e. The van der Waals surface area contributed by atoms with Crippen LogP contribution in [-0.2, 0) is 9.53 Å². The fraction of sp³-hybridized carbons (Fsp3) is 0.238. The Labute approximate surface area is 159 Å². The van der Waals surface area contributed by atoms with Crippen LogP contribution in [0, 0.1) is 13.8 Å². The van der Waals surface area contributed by atoms with Gasteiger partial charge >= 0.3 is 5.97 Å². The molecule has 2 aromatic carbocycles. The molecule has 1 unspecified atom stereocenters. The van der Waals surface area contributed by atoms with Gasteiger partial charge in [0.1, 0.15) is 0 Å². The fourth-order valence-electron chi connectivity index (χ4n) is 3.13. The van der Waals surface area contributed by atoms with E-state index in [0.717, 1.165) is 22.3 Å². The van der Waals surface area contributed by atoms with Crippen molar-refractivity contribution in [2.24, 2.45) is 0 Å². The molecule has 2 N–H and O–H groups in total. The molecule has 1 atom stereocenters. The van der Waals surface area contributed by atoms with Crippen molar-refractivity contribution in [2.45, 2.75) is 26.8 Å². The number of carbonyl (C=O) groups is 1. The third-order valence-corrected chi connectivity index (χ3v) is 4.60. The van der Waals surface area contributed by atoms with Crippen LogP contribution in [0.4, 0.5) is 0 Å². The van der Waals surface area contributed by atoms with Gasteiger partial charge in [0.15, 0.2) is 5.11 Å². The molecule has 0 aromatic heterocycles. The summed E-state index contributed by atoms with van der Waals surface area (Å²) < 4.78 is 5.37. The highest BCUT2D eigenvalue weighted by atomic mass is 32.1. The Balaban J connectivity index is 2.22. The third-order valence-electron chi connectivity index (χ3n) is 4.38. The minimum absolute atomic E-state index is 0.314. The zero-order chi connectivity index (χ0) is 18.7. The summed E-state index contributed by atoms with van der Waals surface area (Å²) in [6.45, 7) is 6.19. The van der Waals surface area contributed by atoms with Crippen molar-refractivity contribution in [2.75, 3.05) is 6.61 Å². The minimum atomic E-state index is -0.363. The fourth-order valence-corrected chi connectivity index (χ4v) is 3.35. The van der Waals surface area contributed by atoms with Crippen molar-refractivity contribution in [1.82, 2.24) is 10.6 Å². The first-order valence-electron chi connectivity index (χ1n) is 8.62. The van der Waals surface area contributed by atoms with Crippen LogP contribution in [-0.4, -0.2) is 17.7 Å². The summed E-state index contributed by atoms with van der Waals surface area (Å²) in [5, 5.41) is 6.90. The molecule has 26 heavy (non-hydrogen) atoms. The number of aryl methyl sites for hydroxylation is 2. The molecule has 0 bridgehead atoms. The van der Waals surface area contributed by atoms with Gasteiger partial charge in [-0.3, -0.25) is 0 Å². The SMILES string of the molecule is CCOC(=O)C1=C(c2ccccc2)NC(=S)NC1c1cc(C)ccc1C. The average Bonchev–Trinajstić information content (AvgIpc) is 2.64. The van der Waals surface area contributed by atoms with E-state index in [1.54, 1.807) is 0 Å². The molecule has 0 aliphatic carbocycles. The Bertz CT molecular complexity index is 875. The summed E-state index contributed by atoms with van der Waals surface area (Å²) in [5.74, 6) is -0.347. The molecular weight excluding hydrogens is 344 g/mol. The van der Waals surface area contributed by atoms with Crippen molar-refractivity contribution in [3.63, 3.8) is 0 Å². The summed E-state index contributed by atoms with van der Waals surface area (Å²) in [4.78, 5) is 12.9. The highest BCUT2D eigenvalue weighted by Crippen LogP contribution is 2.33. The zero-order valence-electron chi connectivity index (χ0n) is 15.1. The largest absolute Gasteiger partial charge is 0.463 e. The number of nitrogens with one attached hydrogen (secondary N) is 2. The molecule has 134 valence electrons. The summed E-state index contributed by atoms with van der Waals surface area (Å²) in [7, 11) is 0. The number of benzene rings is 2. The molecule has 4 nitrogen and oxygen atoms in total. The molecular formula is C21H22N2O2S. The van der Waals surface area contributed by atoms with Gasteiger partial charge in [-0.2, -0.15) is 0 Å². The van der Waals surface area contributed by atoms with E-state index in [4.69, 9.17) is 17.0 Å². The zero-order valence-corrected chi connectivity index (χ0v) is 15.9. The molecule has 0 fully saturated rings. The predicted molar refractivity (Wildman–Crippen MR) is 108 cm³/mol. The molecule has 0 saturated heterocycles. The molecule has 1 aliphatic rings. The monoisotopic (exact) mass is 366 g/mol. The van der Waals surface area contributed by atoms with Crippen LogP contribution in [0.1, 0.15) is 35.2 Å². The van der Waals surface area contributed by atoms with Gasteiger partial charge in [-0.15, -0.1) is 0 Å². The Morgan fingerprint density at radius 3 is 2.58 bits per heavy atom. The molecule has 0 saturated carbocycles. The maximum Gasteiger partial charge on any atom is 0.338 e. The maximum absolute atomic E-state index is 12.9. The van der Waals surface area contributed by atoms with Crippen LogP contribution in [0.15, 0.2) is 54.1 Å². The van der Waals surface area contributed by atoms with E-state index in [9.17, 15) is 4.79 Å². The van der Waals surface area contributed by atoms with Gasteiger partial charge in [0.05, 0.1) is 23.9 Å². The van der Waals surface area contributed by atoms with Gasteiger partial charge in [-0.25, -0.2) is 4.79 Å². The highest BCUT2D eigenvalue weighted by molar-refractivity contribution is 7.80. The second-order valence-electron chi connectivity index (χ2n) is 6.27. The number of esters is 1. The van der Waals surface area contributed by atoms with E-state index >= 15 is 0 Å². The third kappa shape index (κ3) is 3.63. The summed E-state index contributed by atoms with van der Waals surface area (Å²) in [6.07, 6.45) is 0. The van der Waals surface area contributed by atoms with E-state index < -0.39 is 0 Å². The van der Waals surface area contributed by atoms with Crippen molar-refractivity contribution in [3.8, 4) is 0 Å². The lowest BCUT2D eigenvalue weighted by Crippen LogP contribution is -2.45. The van der Waals surface area contributed by atoms with Crippen molar-refractivity contribution in [3.05, 3.63) is 76.4 Å². The van der Waals surface area contributed by atoms with Crippen LogP contribution in [0.2, 0.25) is 0 Å². The lowest BCUT2D eigenvalue weighted by atomic mass is 9.89. The van der Waals surface area contributed by atoms with Gasteiger partial charge in [0.2, 0.25) is 0 Å². The second kappa shape index (κ2) is 7.70. The topological polar surface area (TPSA) is 50.4 Å². The molecule has 0 amide bonds. The van der Waals surface area contributed by atoms with E-state index in [0.29, 0.717) is 23.0 Å². The summed E-state index contributed by atoms with van der Waals surface area (Å²) >= 11 is 5.43. The van der Waals surface area contributed by atoms with Gasteiger partial charge < -0.3 is 15.4 Å². The molecule has 0 radical (unpaired) electrons. The van der Waals surface area contributed by atoms with Crippen LogP contribution < -0.4 is 10.6 Å². The first-order valence-corrected chi connectivity index (χ1v) is 9.03. The summed E-state index contributed by atoms with van der Waals surface area (Å²) in [6, 6.07) is 15.6. The maximum atomic E-state index is 12.9. The van der Waals surface area contributed by atoms with Crippen LogP contribution in [0.3, 0.4) is 0 Å². The number of ether oxygens (including phenoxy) is 1. The molecule has 2 aromatic rings. The van der Waals surface area contributed by atoms with Crippen LogP contribution in [0.5, 0.6) is 0 Å². The Kier molecular flexibility index (Phi) is 5.38. The van der Waals surface area contributed by atoms with Crippen LogP contribution >= 0.6 is 12.2 Å². The second-order valence-corrected chi connectivity index (χ2v) is 6.67. The van der Waals surface area contributed by atoms with Crippen molar-refractivity contribution in [1.29, 1.82) is 0 Å². The van der Waals surface area contributed by atoms with Gasteiger partial charge in [-0.1, -0.05) is 54.1 Å². The molecule has 5 heteroatoms. The standard InChI is InChI=1S/C21H22N2O2S/c1-4-25-20(24)17-18(15-8-6-5-7-9-15)22-21(26)23-19(17)16-12-13(2)10-11-14(16)3/h5-12,19H,4H2,1-3H3,(H2,22,23,26). The van der Waals surface area contributed by atoms with Gasteiger partial charge in [0.25, 0.3) is 0 Å². The molecule has 0 spiro atoms. The van der Waals surface area contributed by atoms with Crippen molar-refractivity contribution < 1.29 is 9.53 Å². The van der Waals surface area contributed by atoms with E-state index in [-0.39, 0.29) is 12.0 Å². The normalized spacial score (nSPS) is 16.7.